The molecular weight excluding hydrogens is 304 g/mol. The van der Waals surface area contributed by atoms with E-state index >= 15 is 0 Å². The quantitative estimate of drug-likeness (QED) is 0.660. The molecule has 0 aliphatic heterocycles. The number of halogens is 1. The molecule has 1 aromatic rings. The molecular formula is C11H15BrN2O2S. The lowest BCUT2D eigenvalue weighted by Crippen LogP contribution is -2.24. The Balaban J connectivity index is 2.97. The summed E-state index contributed by atoms with van der Waals surface area (Å²) in [7, 11) is -3.56. The van der Waals surface area contributed by atoms with E-state index in [0.29, 0.717) is 4.47 Å². The third-order valence-corrected chi connectivity index (χ3v) is 4.02. The molecule has 94 valence electrons. The van der Waals surface area contributed by atoms with Crippen molar-refractivity contribution in [1.29, 1.82) is 0 Å². The first-order valence-corrected chi connectivity index (χ1v) is 7.28. The maximum absolute atomic E-state index is 11.9. The molecule has 0 saturated carbocycles. The third-order valence-electron chi connectivity index (χ3n) is 2.05. The van der Waals surface area contributed by atoms with Crippen molar-refractivity contribution in [1.82, 2.24) is 4.72 Å². The summed E-state index contributed by atoms with van der Waals surface area (Å²) < 4.78 is 27.0. The van der Waals surface area contributed by atoms with Gasteiger partial charge in [-0.1, -0.05) is 27.6 Å². The highest BCUT2D eigenvalue weighted by Crippen LogP contribution is 2.22. The summed E-state index contributed by atoms with van der Waals surface area (Å²) in [6.45, 7) is 4.07. The summed E-state index contributed by atoms with van der Waals surface area (Å²) in [5, 5.41) is 0. The molecule has 0 fully saturated rings. The lowest BCUT2D eigenvalue weighted by molar-refractivity contribution is 0.586. The fourth-order valence-corrected chi connectivity index (χ4v) is 2.81. The van der Waals surface area contributed by atoms with E-state index in [1.54, 1.807) is 18.2 Å². The molecule has 1 rings (SSSR count). The SMILES string of the molecule is CC(C)=CCNS(=O)(=O)c1cc(Br)ccc1N. The molecule has 0 radical (unpaired) electrons. The fraction of sp³-hybridized carbons (Fsp3) is 0.273. The minimum absolute atomic E-state index is 0.0917. The maximum Gasteiger partial charge on any atom is 0.242 e. The van der Waals surface area contributed by atoms with Gasteiger partial charge in [-0.15, -0.1) is 0 Å². The van der Waals surface area contributed by atoms with Crippen molar-refractivity contribution in [2.24, 2.45) is 0 Å². The van der Waals surface area contributed by atoms with E-state index in [1.807, 2.05) is 13.8 Å². The van der Waals surface area contributed by atoms with Gasteiger partial charge in [0.15, 0.2) is 0 Å². The van der Waals surface area contributed by atoms with E-state index < -0.39 is 10.0 Å². The fourth-order valence-electron chi connectivity index (χ4n) is 1.17. The smallest absolute Gasteiger partial charge is 0.242 e. The van der Waals surface area contributed by atoms with Crippen LogP contribution >= 0.6 is 15.9 Å². The van der Waals surface area contributed by atoms with Crippen molar-refractivity contribution in [2.45, 2.75) is 18.7 Å². The summed E-state index contributed by atoms with van der Waals surface area (Å²) in [4.78, 5) is 0.0917. The van der Waals surface area contributed by atoms with Crippen LogP contribution in [0.5, 0.6) is 0 Å². The van der Waals surface area contributed by atoms with Crippen molar-refractivity contribution in [2.75, 3.05) is 12.3 Å². The monoisotopic (exact) mass is 318 g/mol. The van der Waals surface area contributed by atoms with Crippen LogP contribution in [0.3, 0.4) is 0 Å². The molecule has 0 bridgehead atoms. The van der Waals surface area contributed by atoms with Gasteiger partial charge in [-0.05, 0) is 32.0 Å². The molecule has 6 heteroatoms. The first-order chi connectivity index (χ1) is 7.83. The molecule has 0 heterocycles. The zero-order valence-corrected chi connectivity index (χ0v) is 12.1. The minimum Gasteiger partial charge on any atom is -0.398 e. The maximum atomic E-state index is 11.9. The lowest BCUT2D eigenvalue weighted by atomic mass is 10.3. The van der Waals surface area contributed by atoms with Crippen molar-refractivity contribution in [3.8, 4) is 0 Å². The number of sulfonamides is 1. The van der Waals surface area contributed by atoms with Crippen LogP contribution in [0.15, 0.2) is 39.2 Å². The first-order valence-electron chi connectivity index (χ1n) is 5.01. The Hall–Kier alpha value is -0.850. The van der Waals surface area contributed by atoms with Gasteiger partial charge in [0, 0.05) is 11.0 Å². The highest BCUT2D eigenvalue weighted by molar-refractivity contribution is 9.10. The second-order valence-electron chi connectivity index (χ2n) is 3.82. The molecule has 0 saturated heterocycles. The van der Waals surface area contributed by atoms with Gasteiger partial charge in [0.2, 0.25) is 10.0 Å². The molecule has 1 aromatic carbocycles. The number of anilines is 1. The molecule has 0 unspecified atom stereocenters. The largest absolute Gasteiger partial charge is 0.398 e. The number of benzene rings is 1. The standard InChI is InChI=1S/C11H15BrN2O2S/c1-8(2)5-6-14-17(15,16)11-7-9(12)3-4-10(11)13/h3-5,7,14H,6,13H2,1-2H3. The van der Waals surface area contributed by atoms with E-state index in [1.165, 1.54) is 6.07 Å². The zero-order chi connectivity index (χ0) is 13.1. The van der Waals surface area contributed by atoms with E-state index in [-0.39, 0.29) is 17.1 Å². The average Bonchev–Trinajstić information content (AvgIpc) is 2.20. The van der Waals surface area contributed by atoms with Crippen LogP contribution in [0.4, 0.5) is 5.69 Å². The van der Waals surface area contributed by atoms with Gasteiger partial charge in [0.05, 0.1) is 5.69 Å². The molecule has 17 heavy (non-hydrogen) atoms. The summed E-state index contributed by atoms with van der Waals surface area (Å²) in [5.41, 5.74) is 6.94. The van der Waals surface area contributed by atoms with Crippen LogP contribution < -0.4 is 10.5 Å². The average molecular weight is 319 g/mol. The van der Waals surface area contributed by atoms with E-state index in [2.05, 4.69) is 20.7 Å². The number of nitrogens with two attached hydrogens (primary N) is 1. The Morgan fingerprint density at radius 3 is 2.71 bits per heavy atom. The normalized spacial score (nSPS) is 11.2. The number of nitrogen functional groups attached to an aromatic ring is 1. The number of hydrogen-bond donors (Lipinski definition) is 2. The summed E-state index contributed by atoms with van der Waals surface area (Å²) in [6.07, 6.45) is 1.80. The number of hydrogen-bond acceptors (Lipinski definition) is 3. The molecule has 3 N–H and O–H groups in total. The summed E-state index contributed by atoms with van der Waals surface area (Å²) >= 11 is 3.22. The predicted octanol–water partition coefficient (Wildman–Crippen LogP) is 2.28. The van der Waals surface area contributed by atoms with Crippen LogP contribution in [0, 0.1) is 0 Å². The van der Waals surface area contributed by atoms with E-state index in [0.717, 1.165) is 5.57 Å². The predicted molar refractivity (Wildman–Crippen MR) is 73.2 cm³/mol. The van der Waals surface area contributed by atoms with Gasteiger partial charge >= 0.3 is 0 Å². The van der Waals surface area contributed by atoms with Crippen LogP contribution in [0.1, 0.15) is 13.8 Å². The van der Waals surface area contributed by atoms with Gasteiger partial charge in [-0.2, -0.15) is 0 Å². The van der Waals surface area contributed by atoms with Crippen molar-refractivity contribution in [3.63, 3.8) is 0 Å². The topological polar surface area (TPSA) is 72.2 Å². The zero-order valence-electron chi connectivity index (χ0n) is 9.70. The Bertz CT molecular complexity index is 534. The molecule has 0 aromatic heterocycles. The van der Waals surface area contributed by atoms with Crippen LogP contribution in [0.2, 0.25) is 0 Å². The van der Waals surface area contributed by atoms with Crippen LogP contribution in [-0.4, -0.2) is 15.0 Å². The Kier molecular flexibility index (Phi) is 4.73. The minimum atomic E-state index is -3.56. The van der Waals surface area contributed by atoms with Gasteiger partial charge in [0.1, 0.15) is 4.90 Å². The summed E-state index contributed by atoms with van der Waals surface area (Å²) in [6, 6.07) is 4.74. The lowest BCUT2D eigenvalue weighted by Gasteiger charge is -2.08. The molecule has 0 aliphatic carbocycles. The van der Waals surface area contributed by atoms with Crippen molar-refractivity contribution in [3.05, 3.63) is 34.3 Å². The Labute approximate surface area is 110 Å². The van der Waals surface area contributed by atoms with Gasteiger partial charge < -0.3 is 5.73 Å². The molecule has 0 amide bonds. The van der Waals surface area contributed by atoms with Crippen molar-refractivity contribution < 1.29 is 8.42 Å². The highest BCUT2D eigenvalue weighted by Gasteiger charge is 2.16. The van der Waals surface area contributed by atoms with Crippen molar-refractivity contribution >= 4 is 31.6 Å². The van der Waals surface area contributed by atoms with E-state index in [4.69, 9.17) is 5.73 Å². The number of nitrogens with one attached hydrogen (secondary N) is 1. The number of rotatable bonds is 4. The molecule has 4 nitrogen and oxygen atoms in total. The van der Waals surface area contributed by atoms with Gasteiger partial charge in [0.25, 0.3) is 0 Å². The number of allylic oxidation sites excluding steroid dienone is 1. The molecule has 0 aliphatic rings. The second-order valence-corrected chi connectivity index (χ2v) is 6.47. The Morgan fingerprint density at radius 1 is 1.47 bits per heavy atom. The molecule has 0 atom stereocenters. The van der Waals surface area contributed by atoms with E-state index in [9.17, 15) is 8.42 Å². The third kappa shape index (κ3) is 4.14. The Morgan fingerprint density at radius 2 is 2.12 bits per heavy atom. The molecule has 0 spiro atoms. The second kappa shape index (κ2) is 5.66. The van der Waals surface area contributed by atoms with Gasteiger partial charge in [-0.3, -0.25) is 0 Å². The van der Waals surface area contributed by atoms with Crippen LogP contribution in [0.25, 0.3) is 0 Å². The van der Waals surface area contributed by atoms with Gasteiger partial charge in [-0.25, -0.2) is 13.1 Å². The highest BCUT2D eigenvalue weighted by atomic mass is 79.9. The van der Waals surface area contributed by atoms with Crippen LogP contribution in [-0.2, 0) is 10.0 Å². The summed E-state index contributed by atoms with van der Waals surface area (Å²) in [5.74, 6) is 0. The first kappa shape index (κ1) is 14.2.